The predicted molar refractivity (Wildman–Crippen MR) is 71.9 cm³/mol. The van der Waals surface area contributed by atoms with Crippen molar-refractivity contribution >= 4 is 5.57 Å². The van der Waals surface area contributed by atoms with E-state index in [2.05, 4.69) is 44.6 Å². The fourth-order valence-corrected chi connectivity index (χ4v) is 3.53. The van der Waals surface area contributed by atoms with E-state index in [1.165, 1.54) is 24.0 Å². The van der Waals surface area contributed by atoms with E-state index in [1.54, 1.807) is 0 Å². The first-order valence-electron chi connectivity index (χ1n) is 6.71. The van der Waals surface area contributed by atoms with Crippen molar-refractivity contribution in [3.63, 3.8) is 0 Å². The molecule has 2 unspecified atom stereocenters. The average molecular weight is 227 g/mol. The van der Waals surface area contributed by atoms with Crippen LogP contribution in [-0.4, -0.2) is 4.98 Å². The van der Waals surface area contributed by atoms with Gasteiger partial charge in [0.2, 0.25) is 0 Å². The van der Waals surface area contributed by atoms with E-state index in [0.717, 1.165) is 29.5 Å². The van der Waals surface area contributed by atoms with Crippen molar-refractivity contribution in [2.24, 2.45) is 11.3 Å². The molecule has 0 amide bonds. The van der Waals surface area contributed by atoms with Gasteiger partial charge in [-0.05, 0) is 59.3 Å². The lowest BCUT2D eigenvalue weighted by atomic mass is 9.47. The monoisotopic (exact) mass is 227 g/mol. The van der Waals surface area contributed by atoms with Crippen molar-refractivity contribution < 1.29 is 0 Å². The number of allylic oxidation sites excluding steroid dienone is 1. The van der Waals surface area contributed by atoms with E-state index in [1.807, 2.05) is 0 Å². The van der Waals surface area contributed by atoms with Crippen LogP contribution in [0.4, 0.5) is 0 Å². The minimum atomic E-state index is 0.498. The number of hydrogen-bond acceptors (Lipinski definition) is 1. The van der Waals surface area contributed by atoms with Crippen LogP contribution >= 0.6 is 0 Å². The van der Waals surface area contributed by atoms with Crippen molar-refractivity contribution in [3.05, 3.63) is 35.7 Å². The van der Waals surface area contributed by atoms with Gasteiger partial charge in [-0.15, -0.1) is 0 Å². The summed E-state index contributed by atoms with van der Waals surface area (Å²) in [4.78, 5) is 4.60. The number of nitrogens with zero attached hydrogens (tertiary/aromatic N) is 1. The lowest BCUT2D eigenvalue weighted by Gasteiger charge is -2.57. The van der Waals surface area contributed by atoms with Gasteiger partial charge in [0.25, 0.3) is 0 Å². The predicted octanol–water partition coefficient (Wildman–Crippen LogP) is 4.19. The Morgan fingerprint density at radius 1 is 1.53 bits per heavy atom. The molecule has 0 saturated heterocycles. The molecule has 1 saturated carbocycles. The van der Waals surface area contributed by atoms with Crippen LogP contribution in [0.1, 0.15) is 56.4 Å². The molecule has 0 aromatic carbocycles. The maximum Gasteiger partial charge on any atom is 0.0658 e. The summed E-state index contributed by atoms with van der Waals surface area (Å²) in [6.07, 6.45) is 5.72. The first-order valence-corrected chi connectivity index (χ1v) is 6.71. The van der Waals surface area contributed by atoms with Gasteiger partial charge in [0.05, 0.1) is 5.69 Å². The number of hydrogen-bond donors (Lipinski definition) is 0. The number of pyridine rings is 1. The molecule has 0 aliphatic heterocycles. The van der Waals surface area contributed by atoms with Crippen LogP contribution in [0.2, 0.25) is 0 Å². The van der Waals surface area contributed by atoms with Crippen LogP contribution < -0.4 is 0 Å². The third-order valence-corrected chi connectivity index (χ3v) is 5.13. The lowest BCUT2D eigenvalue weighted by molar-refractivity contribution is 0.0182. The molecule has 1 fully saturated rings. The van der Waals surface area contributed by atoms with Gasteiger partial charge in [0.1, 0.15) is 0 Å². The molecule has 2 atom stereocenters. The number of aromatic nitrogens is 1. The van der Waals surface area contributed by atoms with Gasteiger partial charge in [-0.2, -0.15) is 0 Å². The van der Waals surface area contributed by atoms with Gasteiger partial charge >= 0.3 is 0 Å². The summed E-state index contributed by atoms with van der Waals surface area (Å²) >= 11 is 0. The third-order valence-electron chi connectivity index (χ3n) is 5.13. The lowest BCUT2D eigenvalue weighted by Crippen LogP contribution is -2.48. The summed E-state index contributed by atoms with van der Waals surface area (Å²) in [5, 5.41) is 0. The standard InChI is InChI=1S/C16H21N/c1-5-10(2)15-7-11-6-12-8-14(16(12,3)4)13(11)9-17-15/h7,9,12,14H,2,5-6,8H2,1,3-4H3. The second kappa shape index (κ2) is 3.44. The van der Waals surface area contributed by atoms with Gasteiger partial charge in [-0.1, -0.05) is 27.4 Å². The first-order chi connectivity index (χ1) is 8.04. The highest BCUT2D eigenvalue weighted by atomic mass is 14.7. The Bertz CT molecular complexity index is 484. The molecule has 4 rings (SSSR count). The minimum absolute atomic E-state index is 0.498. The smallest absolute Gasteiger partial charge is 0.0658 e. The summed E-state index contributed by atoms with van der Waals surface area (Å²) in [7, 11) is 0. The van der Waals surface area contributed by atoms with Crippen molar-refractivity contribution in [2.75, 3.05) is 0 Å². The molecule has 2 bridgehead atoms. The first kappa shape index (κ1) is 11.0. The maximum absolute atomic E-state index is 4.60. The second-order valence-electron chi connectivity index (χ2n) is 6.24. The summed E-state index contributed by atoms with van der Waals surface area (Å²) in [6.45, 7) is 11.1. The van der Waals surface area contributed by atoms with Crippen LogP contribution in [-0.2, 0) is 6.42 Å². The largest absolute Gasteiger partial charge is 0.256 e. The highest BCUT2D eigenvalue weighted by Gasteiger charge is 2.52. The molecule has 1 nitrogen and oxygen atoms in total. The van der Waals surface area contributed by atoms with E-state index >= 15 is 0 Å². The maximum atomic E-state index is 4.60. The van der Waals surface area contributed by atoms with Crippen LogP contribution in [0.15, 0.2) is 18.8 Å². The molecule has 3 aliphatic carbocycles. The van der Waals surface area contributed by atoms with Crippen molar-refractivity contribution in [2.45, 2.75) is 46.0 Å². The topological polar surface area (TPSA) is 12.9 Å². The molecular weight excluding hydrogens is 206 g/mol. The van der Waals surface area contributed by atoms with Gasteiger partial charge in [-0.3, -0.25) is 4.98 Å². The molecular formula is C16H21N. The summed E-state index contributed by atoms with van der Waals surface area (Å²) in [5.74, 6) is 1.62. The van der Waals surface area contributed by atoms with Crippen molar-refractivity contribution in [1.29, 1.82) is 0 Å². The van der Waals surface area contributed by atoms with Crippen LogP contribution in [0.25, 0.3) is 5.57 Å². The average Bonchev–Trinajstić information content (AvgIpc) is 2.36. The fraction of sp³-hybridized carbons (Fsp3) is 0.562. The van der Waals surface area contributed by atoms with E-state index in [0.29, 0.717) is 5.41 Å². The molecule has 0 spiro atoms. The molecule has 1 heteroatoms. The van der Waals surface area contributed by atoms with Crippen LogP contribution in [0.3, 0.4) is 0 Å². The highest BCUT2D eigenvalue weighted by molar-refractivity contribution is 5.61. The van der Waals surface area contributed by atoms with Gasteiger partial charge < -0.3 is 0 Å². The van der Waals surface area contributed by atoms with Crippen molar-refractivity contribution in [1.82, 2.24) is 4.98 Å². The summed E-state index contributed by atoms with van der Waals surface area (Å²) < 4.78 is 0. The van der Waals surface area contributed by atoms with E-state index in [4.69, 9.17) is 0 Å². The second-order valence-corrected chi connectivity index (χ2v) is 6.24. The Morgan fingerprint density at radius 3 is 2.94 bits per heavy atom. The molecule has 0 N–H and O–H groups in total. The summed E-state index contributed by atoms with van der Waals surface area (Å²) in [5.41, 5.74) is 5.80. The number of rotatable bonds is 2. The Hall–Kier alpha value is -1.11. The molecule has 17 heavy (non-hydrogen) atoms. The third kappa shape index (κ3) is 1.41. The Balaban J connectivity index is 2.00. The van der Waals surface area contributed by atoms with Gasteiger partial charge in [0.15, 0.2) is 0 Å². The zero-order chi connectivity index (χ0) is 12.2. The van der Waals surface area contributed by atoms with Gasteiger partial charge in [-0.25, -0.2) is 0 Å². The SMILES string of the molecule is C=C(CC)c1cc2c(cn1)C1CC(C2)C1(C)C. The Morgan fingerprint density at radius 2 is 2.29 bits per heavy atom. The van der Waals surface area contributed by atoms with Crippen molar-refractivity contribution in [3.8, 4) is 0 Å². The Kier molecular flexibility index (Phi) is 2.23. The zero-order valence-corrected chi connectivity index (χ0v) is 11.1. The van der Waals surface area contributed by atoms with Crippen LogP contribution in [0.5, 0.6) is 0 Å². The molecule has 1 aromatic heterocycles. The normalized spacial score (nSPS) is 28.2. The molecule has 3 aliphatic rings. The fourth-order valence-electron chi connectivity index (χ4n) is 3.53. The van der Waals surface area contributed by atoms with Gasteiger partial charge in [0, 0.05) is 6.20 Å². The molecule has 0 radical (unpaired) electrons. The van der Waals surface area contributed by atoms with E-state index in [9.17, 15) is 0 Å². The minimum Gasteiger partial charge on any atom is -0.256 e. The molecule has 1 heterocycles. The summed E-state index contributed by atoms with van der Waals surface area (Å²) in [6, 6.07) is 2.29. The Labute approximate surface area is 104 Å². The molecule has 90 valence electrons. The van der Waals surface area contributed by atoms with E-state index < -0.39 is 0 Å². The zero-order valence-electron chi connectivity index (χ0n) is 11.1. The van der Waals surface area contributed by atoms with Crippen LogP contribution in [0, 0.1) is 11.3 Å². The van der Waals surface area contributed by atoms with E-state index in [-0.39, 0.29) is 0 Å². The molecule has 1 aromatic rings. The highest BCUT2D eigenvalue weighted by Crippen LogP contribution is 2.61. The quantitative estimate of drug-likeness (QED) is 0.738.